The predicted molar refractivity (Wildman–Crippen MR) is 74.0 cm³/mol. The smallest absolute Gasteiger partial charge is 0.313 e. The molecule has 1 N–H and O–H groups in total. The maximum absolute atomic E-state index is 14.2. The molecule has 3 rings (SSSR count). The summed E-state index contributed by atoms with van der Waals surface area (Å²) in [4.78, 5) is 24.9. The average molecular weight is 289 g/mol. The third kappa shape index (κ3) is 2.04. The fraction of sp³-hybridized carbons (Fsp3) is 0.375. The number of rotatable bonds is 4. The first-order valence-corrected chi connectivity index (χ1v) is 6.96. The molecule has 0 radical (unpaired) electrons. The van der Waals surface area contributed by atoms with E-state index < -0.39 is 23.1 Å². The largest absolute Gasteiger partial charge is 0.481 e. The monoisotopic (exact) mass is 289 g/mol. The number of amides is 1. The van der Waals surface area contributed by atoms with Crippen LogP contribution in [0.15, 0.2) is 41.7 Å². The lowest BCUT2D eigenvalue weighted by atomic mass is 9.96. The van der Waals surface area contributed by atoms with Gasteiger partial charge in [-0.15, -0.1) is 0 Å². The highest BCUT2D eigenvalue weighted by atomic mass is 19.1. The van der Waals surface area contributed by atoms with Crippen molar-refractivity contribution in [1.82, 2.24) is 4.90 Å². The van der Waals surface area contributed by atoms with Crippen molar-refractivity contribution in [3.05, 3.63) is 47.3 Å². The normalized spacial score (nSPS) is 21.6. The number of nitrogens with zero attached hydrogens (tertiary/aromatic N) is 1. The molecule has 1 saturated carbocycles. The molecule has 5 heteroatoms. The molecule has 1 aromatic carbocycles. The molecule has 0 spiro atoms. The number of carboxylic acids is 1. The van der Waals surface area contributed by atoms with E-state index in [2.05, 4.69) is 0 Å². The van der Waals surface area contributed by atoms with E-state index in [1.54, 1.807) is 0 Å². The number of carbonyl (C=O) groups excluding carboxylic acids is 1. The summed E-state index contributed by atoms with van der Waals surface area (Å²) in [6.45, 7) is 1.89. The third-order valence-corrected chi connectivity index (χ3v) is 4.53. The molecule has 0 bridgehead atoms. The lowest BCUT2D eigenvalue weighted by Crippen LogP contribution is -2.31. The predicted octanol–water partition coefficient (Wildman–Crippen LogP) is 2.68. The number of carbonyl (C=O) groups is 2. The molecular formula is C16H16FNO3. The Morgan fingerprint density at radius 3 is 2.48 bits per heavy atom. The van der Waals surface area contributed by atoms with Gasteiger partial charge in [-0.25, -0.2) is 4.39 Å². The van der Waals surface area contributed by atoms with E-state index in [9.17, 15) is 19.1 Å². The van der Waals surface area contributed by atoms with Gasteiger partial charge < -0.3 is 10.0 Å². The summed E-state index contributed by atoms with van der Waals surface area (Å²) < 4.78 is 14.2. The summed E-state index contributed by atoms with van der Waals surface area (Å²) in [6, 6.07) is 9.05. The fourth-order valence-corrected chi connectivity index (χ4v) is 2.92. The highest BCUT2D eigenvalue weighted by molar-refractivity contribution is 5.98. The second kappa shape index (κ2) is 4.69. The van der Waals surface area contributed by atoms with Gasteiger partial charge in [0.25, 0.3) is 5.91 Å². The van der Waals surface area contributed by atoms with Gasteiger partial charge in [0, 0.05) is 12.1 Å². The minimum atomic E-state index is -1.15. The van der Waals surface area contributed by atoms with Crippen molar-refractivity contribution in [1.29, 1.82) is 0 Å². The van der Waals surface area contributed by atoms with Crippen LogP contribution in [0.1, 0.15) is 31.4 Å². The number of aliphatic carboxylic acids is 1. The average Bonchev–Trinajstić information content (AvgIpc) is 3.24. The van der Waals surface area contributed by atoms with E-state index in [1.807, 2.05) is 37.3 Å². The van der Waals surface area contributed by atoms with Crippen LogP contribution in [-0.2, 0) is 9.59 Å². The van der Waals surface area contributed by atoms with Crippen molar-refractivity contribution in [3.8, 4) is 0 Å². The molecular weight excluding hydrogens is 273 g/mol. The van der Waals surface area contributed by atoms with E-state index in [1.165, 1.54) is 4.90 Å². The molecule has 1 atom stereocenters. The van der Waals surface area contributed by atoms with Gasteiger partial charge >= 0.3 is 5.97 Å². The number of carboxylic acid groups (broad SMARTS) is 1. The molecule has 1 aliphatic carbocycles. The Hall–Kier alpha value is -2.17. The Labute approximate surface area is 121 Å². The standard InChI is InChI=1S/C16H16FNO3/c1-10(11-5-3-2-4-6-11)18-9-12(13(17)14(18)19)16(7-8-16)15(20)21/h2-6,10H,7-9H2,1H3,(H,20,21)/t10-/m1/s1. The van der Waals surface area contributed by atoms with Crippen molar-refractivity contribution >= 4 is 11.9 Å². The number of halogens is 1. The van der Waals surface area contributed by atoms with Gasteiger partial charge in [0.2, 0.25) is 0 Å². The zero-order valence-corrected chi connectivity index (χ0v) is 11.7. The van der Waals surface area contributed by atoms with Gasteiger partial charge in [0.1, 0.15) is 0 Å². The number of benzene rings is 1. The molecule has 2 aliphatic rings. The SMILES string of the molecule is C[C@H](c1ccccc1)N1CC(C2(C(=O)O)CC2)=C(F)C1=O. The Bertz CT molecular complexity index is 634. The van der Waals surface area contributed by atoms with Gasteiger partial charge in [-0.2, -0.15) is 0 Å². The lowest BCUT2D eigenvalue weighted by molar-refractivity contribution is -0.142. The van der Waals surface area contributed by atoms with E-state index >= 15 is 0 Å². The van der Waals surface area contributed by atoms with Crippen molar-refractivity contribution in [2.45, 2.75) is 25.8 Å². The number of hydrogen-bond acceptors (Lipinski definition) is 2. The zero-order valence-electron chi connectivity index (χ0n) is 11.7. The van der Waals surface area contributed by atoms with Gasteiger partial charge in [-0.3, -0.25) is 9.59 Å². The van der Waals surface area contributed by atoms with Gasteiger partial charge in [0.05, 0.1) is 11.5 Å². The van der Waals surface area contributed by atoms with Crippen LogP contribution in [0.5, 0.6) is 0 Å². The first-order chi connectivity index (χ1) is 9.97. The van der Waals surface area contributed by atoms with E-state index in [-0.39, 0.29) is 18.2 Å². The zero-order chi connectivity index (χ0) is 15.2. The van der Waals surface area contributed by atoms with Crippen LogP contribution in [-0.4, -0.2) is 28.4 Å². The minimum Gasteiger partial charge on any atom is -0.481 e. The number of hydrogen-bond donors (Lipinski definition) is 1. The maximum Gasteiger partial charge on any atom is 0.313 e. The van der Waals surface area contributed by atoms with Crippen LogP contribution in [0.25, 0.3) is 0 Å². The molecule has 1 fully saturated rings. The molecule has 1 amide bonds. The second-order valence-electron chi connectivity index (χ2n) is 5.70. The first-order valence-electron chi connectivity index (χ1n) is 6.96. The Morgan fingerprint density at radius 1 is 1.33 bits per heavy atom. The lowest BCUT2D eigenvalue weighted by Gasteiger charge is -2.25. The summed E-state index contributed by atoms with van der Waals surface area (Å²) in [6.07, 6.45) is 0.817. The van der Waals surface area contributed by atoms with Crippen LogP contribution in [0, 0.1) is 5.41 Å². The Morgan fingerprint density at radius 2 is 1.95 bits per heavy atom. The van der Waals surface area contributed by atoms with Crippen molar-refractivity contribution < 1.29 is 19.1 Å². The van der Waals surface area contributed by atoms with Crippen molar-refractivity contribution in [3.63, 3.8) is 0 Å². The topological polar surface area (TPSA) is 57.6 Å². The summed E-state index contributed by atoms with van der Waals surface area (Å²) in [5.41, 5.74) is -0.104. The summed E-state index contributed by atoms with van der Waals surface area (Å²) in [5.74, 6) is -2.61. The van der Waals surface area contributed by atoms with Crippen LogP contribution < -0.4 is 0 Å². The van der Waals surface area contributed by atoms with E-state index in [0.717, 1.165) is 5.56 Å². The first kappa shape index (κ1) is 13.8. The molecule has 0 saturated heterocycles. The van der Waals surface area contributed by atoms with E-state index in [0.29, 0.717) is 12.8 Å². The van der Waals surface area contributed by atoms with Crippen molar-refractivity contribution in [2.75, 3.05) is 6.54 Å². The Balaban J connectivity index is 1.87. The second-order valence-corrected chi connectivity index (χ2v) is 5.70. The Kier molecular flexibility index (Phi) is 3.08. The van der Waals surface area contributed by atoms with Crippen molar-refractivity contribution in [2.24, 2.45) is 5.41 Å². The molecule has 21 heavy (non-hydrogen) atoms. The molecule has 0 aromatic heterocycles. The van der Waals surface area contributed by atoms with Crippen LogP contribution in [0.4, 0.5) is 4.39 Å². The van der Waals surface area contributed by atoms with Gasteiger partial charge in [0.15, 0.2) is 5.83 Å². The van der Waals surface area contributed by atoms with Crippen LogP contribution in [0.2, 0.25) is 0 Å². The molecule has 110 valence electrons. The maximum atomic E-state index is 14.2. The highest BCUT2D eigenvalue weighted by Crippen LogP contribution is 2.55. The quantitative estimate of drug-likeness (QED) is 0.927. The van der Waals surface area contributed by atoms with Crippen LogP contribution >= 0.6 is 0 Å². The summed E-state index contributed by atoms with van der Waals surface area (Å²) >= 11 is 0. The molecule has 1 aromatic rings. The summed E-state index contributed by atoms with van der Waals surface area (Å²) in [5, 5.41) is 9.28. The fourth-order valence-electron chi connectivity index (χ4n) is 2.92. The third-order valence-electron chi connectivity index (χ3n) is 4.53. The molecule has 1 aliphatic heterocycles. The minimum absolute atomic E-state index is 0.0625. The van der Waals surface area contributed by atoms with Crippen LogP contribution in [0.3, 0.4) is 0 Å². The molecule has 0 unspecified atom stereocenters. The highest BCUT2D eigenvalue weighted by Gasteiger charge is 2.57. The summed E-state index contributed by atoms with van der Waals surface area (Å²) in [7, 11) is 0. The molecule has 4 nitrogen and oxygen atoms in total. The van der Waals surface area contributed by atoms with Gasteiger partial charge in [-0.1, -0.05) is 30.3 Å². The van der Waals surface area contributed by atoms with Gasteiger partial charge in [-0.05, 0) is 25.3 Å². The van der Waals surface area contributed by atoms with E-state index in [4.69, 9.17) is 0 Å². The molecule has 1 heterocycles.